The summed E-state index contributed by atoms with van der Waals surface area (Å²) in [6.07, 6.45) is 0.735. The first-order chi connectivity index (χ1) is 10.3. The third-order valence-corrected chi connectivity index (χ3v) is 3.84. The largest absolute Gasteiger partial charge is 0.352 e. The van der Waals surface area contributed by atoms with E-state index in [4.69, 9.17) is 5.73 Å². The van der Waals surface area contributed by atoms with E-state index in [-0.39, 0.29) is 30.3 Å². The van der Waals surface area contributed by atoms with Gasteiger partial charge in [-0.3, -0.25) is 9.59 Å². The zero-order chi connectivity index (χ0) is 16.7. The summed E-state index contributed by atoms with van der Waals surface area (Å²) in [4.78, 5) is 23.5. The maximum atomic E-state index is 11.8. The highest BCUT2D eigenvalue weighted by molar-refractivity contribution is 9.10. The molecule has 0 aromatic heterocycles. The molecule has 1 aromatic rings. The average Bonchev–Trinajstić information content (AvgIpc) is 2.46. The Kier molecular flexibility index (Phi) is 7.55. The maximum Gasteiger partial charge on any atom is 0.239 e. The summed E-state index contributed by atoms with van der Waals surface area (Å²) in [6, 6.07) is 7.36. The first-order valence-corrected chi connectivity index (χ1v) is 8.16. The van der Waals surface area contributed by atoms with Gasteiger partial charge in [-0.15, -0.1) is 0 Å². The smallest absolute Gasteiger partial charge is 0.239 e. The molecular formula is C16H24BrN3O2. The van der Waals surface area contributed by atoms with Gasteiger partial charge in [-0.2, -0.15) is 0 Å². The molecule has 5 nitrogen and oxygen atoms in total. The average molecular weight is 370 g/mol. The Bertz CT molecular complexity index is 503. The van der Waals surface area contributed by atoms with Crippen molar-refractivity contribution in [1.82, 2.24) is 10.6 Å². The molecule has 0 aliphatic carbocycles. The van der Waals surface area contributed by atoms with E-state index in [1.165, 1.54) is 0 Å². The molecule has 0 aliphatic heterocycles. The van der Waals surface area contributed by atoms with Gasteiger partial charge in [0, 0.05) is 10.5 Å². The van der Waals surface area contributed by atoms with E-state index in [1.807, 2.05) is 45.0 Å². The Morgan fingerprint density at radius 3 is 2.32 bits per heavy atom. The van der Waals surface area contributed by atoms with Gasteiger partial charge in [0.05, 0.1) is 12.6 Å². The summed E-state index contributed by atoms with van der Waals surface area (Å²) >= 11 is 3.39. The van der Waals surface area contributed by atoms with Crippen molar-refractivity contribution in [2.45, 2.75) is 39.3 Å². The van der Waals surface area contributed by atoms with Crippen molar-refractivity contribution in [2.24, 2.45) is 11.7 Å². The number of nitrogens with one attached hydrogen (secondary N) is 2. The number of halogens is 1. The SMILES string of the molecule is CC(Cc1ccc(Br)cc1)NC(=O)CNC(=O)[C@@H](N)C(C)C. The molecule has 122 valence electrons. The van der Waals surface area contributed by atoms with Gasteiger partial charge in [-0.05, 0) is 37.0 Å². The second kappa shape index (κ2) is 8.90. The monoisotopic (exact) mass is 369 g/mol. The normalized spacial score (nSPS) is 13.5. The number of rotatable bonds is 7. The predicted molar refractivity (Wildman–Crippen MR) is 91.3 cm³/mol. The minimum Gasteiger partial charge on any atom is -0.352 e. The number of hydrogen-bond acceptors (Lipinski definition) is 3. The lowest BCUT2D eigenvalue weighted by Gasteiger charge is -2.17. The van der Waals surface area contributed by atoms with Gasteiger partial charge in [0.1, 0.15) is 0 Å². The van der Waals surface area contributed by atoms with Crippen molar-refractivity contribution >= 4 is 27.7 Å². The van der Waals surface area contributed by atoms with Gasteiger partial charge < -0.3 is 16.4 Å². The van der Waals surface area contributed by atoms with E-state index in [0.29, 0.717) is 0 Å². The fourth-order valence-corrected chi connectivity index (χ4v) is 2.20. The Morgan fingerprint density at radius 2 is 1.77 bits per heavy atom. The first kappa shape index (κ1) is 18.6. The molecule has 0 radical (unpaired) electrons. The molecule has 0 heterocycles. The van der Waals surface area contributed by atoms with Crippen LogP contribution in [0.4, 0.5) is 0 Å². The zero-order valence-electron chi connectivity index (χ0n) is 13.2. The predicted octanol–water partition coefficient (Wildman–Crippen LogP) is 1.60. The number of amides is 2. The van der Waals surface area contributed by atoms with Crippen molar-refractivity contribution in [3.63, 3.8) is 0 Å². The van der Waals surface area contributed by atoms with Gasteiger partial charge in [0.2, 0.25) is 11.8 Å². The number of carbonyl (C=O) groups is 2. The van der Waals surface area contributed by atoms with Gasteiger partial charge in [0.15, 0.2) is 0 Å². The van der Waals surface area contributed by atoms with Crippen LogP contribution in [0.2, 0.25) is 0 Å². The molecule has 1 rings (SSSR count). The van der Waals surface area contributed by atoms with Gasteiger partial charge >= 0.3 is 0 Å². The number of carbonyl (C=O) groups excluding carboxylic acids is 2. The summed E-state index contributed by atoms with van der Waals surface area (Å²) in [5, 5.41) is 5.42. The summed E-state index contributed by atoms with van der Waals surface area (Å²) in [5.74, 6) is -0.473. The molecule has 0 fully saturated rings. The van der Waals surface area contributed by atoms with Gasteiger partial charge in [-0.25, -0.2) is 0 Å². The Labute approximate surface area is 140 Å². The molecule has 0 saturated carbocycles. The van der Waals surface area contributed by atoms with E-state index in [0.717, 1.165) is 16.5 Å². The molecule has 1 aromatic carbocycles. The fraction of sp³-hybridized carbons (Fsp3) is 0.500. The van der Waals surface area contributed by atoms with Crippen LogP contribution in [0, 0.1) is 5.92 Å². The molecule has 4 N–H and O–H groups in total. The molecule has 6 heteroatoms. The van der Waals surface area contributed by atoms with E-state index in [9.17, 15) is 9.59 Å². The highest BCUT2D eigenvalue weighted by Crippen LogP contribution is 2.11. The van der Waals surface area contributed by atoms with Crippen LogP contribution in [0.5, 0.6) is 0 Å². The molecule has 22 heavy (non-hydrogen) atoms. The highest BCUT2D eigenvalue weighted by Gasteiger charge is 2.18. The Morgan fingerprint density at radius 1 is 1.18 bits per heavy atom. The molecule has 0 bridgehead atoms. The Hall–Kier alpha value is -1.40. The van der Waals surface area contributed by atoms with Crippen LogP contribution >= 0.6 is 15.9 Å². The minimum atomic E-state index is -0.590. The quantitative estimate of drug-likeness (QED) is 0.682. The van der Waals surface area contributed by atoms with Crippen LogP contribution in [0.25, 0.3) is 0 Å². The standard InChI is InChI=1S/C16H24BrN3O2/c1-10(2)15(18)16(22)19-9-14(21)20-11(3)8-12-4-6-13(17)7-5-12/h4-7,10-11,15H,8-9,18H2,1-3H3,(H,19,22)(H,20,21)/t11?,15-/m0/s1. The van der Waals surface area contributed by atoms with Crippen molar-refractivity contribution in [1.29, 1.82) is 0 Å². The Balaban J connectivity index is 2.35. The maximum absolute atomic E-state index is 11.8. The second-order valence-electron chi connectivity index (χ2n) is 5.79. The number of hydrogen-bond donors (Lipinski definition) is 3. The molecule has 0 spiro atoms. The zero-order valence-corrected chi connectivity index (χ0v) is 14.8. The van der Waals surface area contributed by atoms with Crippen molar-refractivity contribution in [2.75, 3.05) is 6.54 Å². The fourth-order valence-electron chi connectivity index (χ4n) is 1.94. The van der Waals surface area contributed by atoms with E-state index >= 15 is 0 Å². The van der Waals surface area contributed by atoms with Crippen LogP contribution < -0.4 is 16.4 Å². The molecule has 2 atom stereocenters. The number of nitrogens with two attached hydrogens (primary N) is 1. The topological polar surface area (TPSA) is 84.2 Å². The lowest BCUT2D eigenvalue weighted by molar-refractivity contribution is -0.127. The molecular weight excluding hydrogens is 346 g/mol. The summed E-state index contributed by atoms with van der Waals surface area (Å²) in [6.45, 7) is 5.61. The third kappa shape index (κ3) is 6.58. The van der Waals surface area contributed by atoms with Crippen LogP contribution in [0.1, 0.15) is 26.3 Å². The van der Waals surface area contributed by atoms with Crippen LogP contribution in [0.3, 0.4) is 0 Å². The lowest BCUT2D eigenvalue weighted by Crippen LogP contribution is -2.48. The molecule has 1 unspecified atom stereocenters. The summed E-state index contributed by atoms with van der Waals surface area (Å²) in [5.41, 5.74) is 6.85. The van der Waals surface area contributed by atoms with Crippen molar-refractivity contribution < 1.29 is 9.59 Å². The second-order valence-corrected chi connectivity index (χ2v) is 6.70. The molecule has 2 amide bonds. The summed E-state index contributed by atoms with van der Waals surface area (Å²) < 4.78 is 1.03. The van der Waals surface area contributed by atoms with Crippen LogP contribution in [-0.4, -0.2) is 30.4 Å². The minimum absolute atomic E-state index is 0.00986. The van der Waals surface area contributed by atoms with E-state index < -0.39 is 6.04 Å². The van der Waals surface area contributed by atoms with E-state index in [1.54, 1.807) is 0 Å². The van der Waals surface area contributed by atoms with Gasteiger partial charge in [-0.1, -0.05) is 41.9 Å². The molecule has 0 aliphatic rings. The van der Waals surface area contributed by atoms with Crippen LogP contribution in [-0.2, 0) is 16.0 Å². The van der Waals surface area contributed by atoms with Crippen molar-refractivity contribution in [3.05, 3.63) is 34.3 Å². The highest BCUT2D eigenvalue weighted by atomic mass is 79.9. The molecule has 0 saturated heterocycles. The van der Waals surface area contributed by atoms with Gasteiger partial charge in [0.25, 0.3) is 0 Å². The van der Waals surface area contributed by atoms with Crippen molar-refractivity contribution in [3.8, 4) is 0 Å². The first-order valence-electron chi connectivity index (χ1n) is 7.36. The number of benzene rings is 1. The lowest BCUT2D eigenvalue weighted by atomic mass is 10.1. The van der Waals surface area contributed by atoms with E-state index in [2.05, 4.69) is 26.6 Å². The third-order valence-electron chi connectivity index (χ3n) is 3.31. The van der Waals surface area contributed by atoms with Crippen LogP contribution in [0.15, 0.2) is 28.7 Å². The summed E-state index contributed by atoms with van der Waals surface area (Å²) in [7, 11) is 0.